The molecule has 0 aliphatic heterocycles. The van der Waals surface area contributed by atoms with Gasteiger partial charge < -0.3 is 9.47 Å². The lowest BCUT2D eigenvalue weighted by atomic mass is 10.2. The fraction of sp³-hybridized carbons (Fsp3) is 0.333. The van der Waals surface area contributed by atoms with Crippen molar-refractivity contribution in [3.8, 4) is 11.5 Å². The molecule has 0 aliphatic carbocycles. The molecule has 0 aromatic heterocycles. The summed E-state index contributed by atoms with van der Waals surface area (Å²) in [6, 6.07) is 12.3. The van der Waals surface area contributed by atoms with Gasteiger partial charge in [0, 0.05) is 12.6 Å². The topological polar surface area (TPSA) is 64.6 Å². The summed E-state index contributed by atoms with van der Waals surface area (Å²) in [4.78, 5) is 0.154. The highest BCUT2D eigenvalue weighted by Crippen LogP contribution is 2.30. The van der Waals surface area contributed by atoms with Crippen LogP contribution in [0.5, 0.6) is 11.5 Å². The van der Waals surface area contributed by atoms with Crippen molar-refractivity contribution in [2.75, 3.05) is 13.2 Å². The number of ether oxygens (including phenoxy) is 2. The first-order chi connectivity index (χ1) is 11.5. The molecule has 2 rings (SSSR count). The number of hydrogen-bond donors (Lipinski definition) is 1. The van der Waals surface area contributed by atoms with Crippen LogP contribution in [0.25, 0.3) is 0 Å². The monoisotopic (exact) mass is 349 g/mol. The quantitative estimate of drug-likeness (QED) is 0.794. The van der Waals surface area contributed by atoms with Crippen LogP contribution in [-0.4, -0.2) is 21.6 Å². The molecule has 0 saturated carbocycles. The Hall–Kier alpha value is -2.05. The van der Waals surface area contributed by atoms with Gasteiger partial charge in [-0.15, -0.1) is 0 Å². The molecule has 1 N–H and O–H groups in total. The molecule has 2 aromatic carbocycles. The van der Waals surface area contributed by atoms with Gasteiger partial charge >= 0.3 is 0 Å². The SMILES string of the molecule is CCOc1ccc(S(=O)(=O)NCc2ccc(C)cc2)cc1OCC. The molecule has 0 saturated heterocycles. The largest absolute Gasteiger partial charge is 0.490 e. The Morgan fingerprint density at radius 2 is 1.54 bits per heavy atom. The lowest BCUT2D eigenvalue weighted by Gasteiger charge is -2.13. The summed E-state index contributed by atoms with van der Waals surface area (Å²) in [6.07, 6.45) is 0. The van der Waals surface area contributed by atoms with Crippen molar-refractivity contribution in [2.24, 2.45) is 0 Å². The van der Waals surface area contributed by atoms with Crippen LogP contribution in [-0.2, 0) is 16.6 Å². The number of rotatable bonds is 8. The molecule has 24 heavy (non-hydrogen) atoms. The first-order valence-corrected chi connectivity index (χ1v) is 9.39. The molecule has 6 heteroatoms. The summed E-state index contributed by atoms with van der Waals surface area (Å²) in [5.74, 6) is 0.967. The Labute approximate surface area is 143 Å². The van der Waals surface area contributed by atoms with Crippen LogP contribution in [0.2, 0.25) is 0 Å². The Kier molecular flexibility index (Phi) is 6.23. The van der Waals surface area contributed by atoms with E-state index in [1.165, 1.54) is 12.1 Å². The second kappa shape index (κ2) is 8.17. The zero-order valence-corrected chi connectivity index (χ0v) is 15.0. The van der Waals surface area contributed by atoms with Crippen LogP contribution in [0.4, 0.5) is 0 Å². The molecule has 0 radical (unpaired) electrons. The van der Waals surface area contributed by atoms with E-state index in [1.54, 1.807) is 6.07 Å². The third-order valence-electron chi connectivity index (χ3n) is 3.41. The maximum atomic E-state index is 12.5. The molecular formula is C18H23NO4S. The van der Waals surface area contributed by atoms with Gasteiger partial charge in [-0.2, -0.15) is 0 Å². The Morgan fingerprint density at radius 3 is 2.17 bits per heavy atom. The van der Waals surface area contributed by atoms with Crippen molar-refractivity contribution in [2.45, 2.75) is 32.2 Å². The number of benzene rings is 2. The third kappa shape index (κ3) is 4.72. The third-order valence-corrected chi connectivity index (χ3v) is 4.81. The summed E-state index contributed by atoms with van der Waals surface area (Å²) >= 11 is 0. The number of hydrogen-bond acceptors (Lipinski definition) is 4. The smallest absolute Gasteiger partial charge is 0.241 e. The van der Waals surface area contributed by atoms with E-state index in [-0.39, 0.29) is 11.4 Å². The van der Waals surface area contributed by atoms with Crippen LogP contribution < -0.4 is 14.2 Å². The zero-order valence-electron chi connectivity index (χ0n) is 14.2. The average Bonchev–Trinajstić information content (AvgIpc) is 2.56. The Balaban J connectivity index is 2.18. The summed E-state index contributed by atoms with van der Waals surface area (Å²) in [5.41, 5.74) is 2.04. The van der Waals surface area contributed by atoms with E-state index in [9.17, 15) is 8.42 Å². The van der Waals surface area contributed by atoms with E-state index in [4.69, 9.17) is 9.47 Å². The highest BCUT2D eigenvalue weighted by Gasteiger charge is 2.17. The van der Waals surface area contributed by atoms with Crippen LogP contribution in [0.15, 0.2) is 47.4 Å². The summed E-state index contributed by atoms with van der Waals surface area (Å²) in [7, 11) is -3.63. The molecule has 0 aliphatic rings. The van der Waals surface area contributed by atoms with Crippen LogP contribution in [0, 0.1) is 6.92 Å². The predicted molar refractivity (Wildman–Crippen MR) is 94.0 cm³/mol. The van der Waals surface area contributed by atoms with Gasteiger partial charge in [0.05, 0.1) is 18.1 Å². The predicted octanol–water partition coefficient (Wildman–Crippen LogP) is 3.27. The zero-order chi connectivity index (χ0) is 17.6. The lowest BCUT2D eigenvalue weighted by molar-refractivity contribution is 0.287. The fourth-order valence-electron chi connectivity index (χ4n) is 2.17. The minimum atomic E-state index is -3.63. The Morgan fingerprint density at radius 1 is 0.917 bits per heavy atom. The number of aryl methyl sites for hydroxylation is 1. The molecule has 5 nitrogen and oxygen atoms in total. The van der Waals surface area contributed by atoms with Crippen LogP contribution >= 0.6 is 0 Å². The van der Waals surface area contributed by atoms with Crippen molar-refractivity contribution in [3.63, 3.8) is 0 Å². The highest BCUT2D eigenvalue weighted by atomic mass is 32.2. The summed E-state index contributed by atoms with van der Waals surface area (Å²) < 4.78 is 38.5. The van der Waals surface area contributed by atoms with Crippen molar-refractivity contribution >= 4 is 10.0 Å². The van der Waals surface area contributed by atoms with E-state index in [0.717, 1.165) is 11.1 Å². The van der Waals surface area contributed by atoms with Crippen LogP contribution in [0.3, 0.4) is 0 Å². The molecule has 0 atom stereocenters. The highest BCUT2D eigenvalue weighted by molar-refractivity contribution is 7.89. The summed E-state index contributed by atoms with van der Waals surface area (Å²) in [5, 5.41) is 0. The first kappa shape index (κ1) is 18.3. The van der Waals surface area contributed by atoms with E-state index >= 15 is 0 Å². The van der Waals surface area contributed by atoms with Gasteiger partial charge in [-0.1, -0.05) is 29.8 Å². The number of nitrogens with one attached hydrogen (secondary N) is 1. The van der Waals surface area contributed by atoms with Crippen molar-refractivity contribution < 1.29 is 17.9 Å². The Bertz CT molecular complexity index is 770. The maximum absolute atomic E-state index is 12.5. The molecule has 0 spiro atoms. The van der Waals surface area contributed by atoms with Gasteiger partial charge in [0.2, 0.25) is 10.0 Å². The average molecular weight is 349 g/mol. The molecule has 0 heterocycles. The second-order valence-electron chi connectivity index (χ2n) is 5.28. The van der Waals surface area contributed by atoms with Crippen molar-refractivity contribution in [3.05, 3.63) is 53.6 Å². The molecule has 130 valence electrons. The van der Waals surface area contributed by atoms with Crippen molar-refractivity contribution in [1.82, 2.24) is 4.72 Å². The van der Waals surface area contributed by atoms with E-state index in [2.05, 4.69) is 4.72 Å². The van der Waals surface area contributed by atoms with Crippen LogP contribution in [0.1, 0.15) is 25.0 Å². The molecule has 2 aromatic rings. The van der Waals surface area contributed by atoms with E-state index in [0.29, 0.717) is 24.7 Å². The summed E-state index contributed by atoms with van der Waals surface area (Å²) in [6.45, 7) is 6.84. The lowest BCUT2D eigenvalue weighted by Crippen LogP contribution is -2.23. The first-order valence-electron chi connectivity index (χ1n) is 7.91. The molecule has 0 fully saturated rings. The second-order valence-corrected chi connectivity index (χ2v) is 7.05. The van der Waals surface area contributed by atoms with Gasteiger partial charge in [0.25, 0.3) is 0 Å². The van der Waals surface area contributed by atoms with Gasteiger partial charge in [0.1, 0.15) is 0 Å². The fourth-order valence-corrected chi connectivity index (χ4v) is 3.20. The van der Waals surface area contributed by atoms with Crippen molar-refractivity contribution in [1.29, 1.82) is 0 Å². The molecule has 0 amide bonds. The van der Waals surface area contributed by atoms with Gasteiger partial charge in [0.15, 0.2) is 11.5 Å². The van der Waals surface area contributed by atoms with E-state index < -0.39 is 10.0 Å². The van der Waals surface area contributed by atoms with Gasteiger partial charge in [-0.05, 0) is 38.5 Å². The molecular weight excluding hydrogens is 326 g/mol. The minimum Gasteiger partial charge on any atom is -0.490 e. The standard InChI is InChI=1S/C18H23NO4S/c1-4-22-17-11-10-16(12-18(17)23-5-2)24(20,21)19-13-15-8-6-14(3)7-9-15/h6-12,19H,4-5,13H2,1-3H3. The minimum absolute atomic E-state index is 0.154. The number of sulfonamides is 1. The van der Waals surface area contributed by atoms with Gasteiger partial charge in [-0.3, -0.25) is 0 Å². The molecule has 0 unspecified atom stereocenters. The van der Waals surface area contributed by atoms with E-state index in [1.807, 2.05) is 45.0 Å². The maximum Gasteiger partial charge on any atom is 0.241 e. The normalized spacial score (nSPS) is 11.3. The molecule has 0 bridgehead atoms. The van der Waals surface area contributed by atoms with Gasteiger partial charge in [-0.25, -0.2) is 13.1 Å².